The number of rotatable bonds is 4. The van der Waals surface area contributed by atoms with Crippen LogP contribution in [-0.2, 0) is 11.0 Å². The molecule has 2 unspecified atom stereocenters. The van der Waals surface area contributed by atoms with E-state index < -0.39 is 35.4 Å². The van der Waals surface area contributed by atoms with Crippen LogP contribution in [0.4, 0.5) is 13.2 Å². The third kappa shape index (κ3) is 3.91. The highest BCUT2D eigenvalue weighted by Crippen LogP contribution is 2.30. The zero-order valence-electron chi connectivity index (χ0n) is 14.6. The average molecular weight is 391 g/mol. The van der Waals surface area contributed by atoms with Crippen LogP contribution >= 0.6 is 0 Å². The van der Waals surface area contributed by atoms with E-state index in [2.05, 4.69) is 4.98 Å². The van der Waals surface area contributed by atoms with Gasteiger partial charge in [0.15, 0.2) is 11.5 Å². The first-order valence-electron chi connectivity index (χ1n) is 8.64. The van der Waals surface area contributed by atoms with Crippen LogP contribution in [0.15, 0.2) is 41.1 Å². The van der Waals surface area contributed by atoms with E-state index in [0.717, 1.165) is 12.1 Å². The number of nitriles is 1. The Balaban J connectivity index is 1.84. The highest BCUT2D eigenvalue weighted by atomic mass is 19.4. The summed E-state index contributed by atoms with van der Waals surface area (Å²) in [4.78, 5) is 30.6. The van der Waals surface area contributed by atoms with Crippen molar-refractivity contribution in [3.05, 3.63) is 53.7 Å². The lowest BCUT2D eigenvalue weighted by atomic mass is 9.89. The number of pyridine rings is 1. The van der Waals surface area contributed by atoms with Crippen LogP contribution in [0, 0.1) is 11.3 Å². The topological polar surface area (TPSA) is 87.2 Å². The Labute approximate surface area is 158 Å². The number of nitrogens with zero attached hydrogens (tertiary/aromatic N) is 3. The van der Waals surface area contributed by atoms with Crippen molar-refractivity contribution in [3.63, 3.8) is 0 Å². The second-order valence-electron chi connectivity index (χ2n) is 6.42. The van der Waals surface area contributed by atoms with Gasteiger partial charge in [-0.3, -0.25) is 14.6 Å². The molecule has 28 heavy (non-hydrogen) atoms. The molecule has 0 aromatic carbocycles. The van der Waals surface area contributed by atoms with Crippen molar-refractivity contribution in [1.29, 1.82) is 5.26 Å². The molecular formula is C19H16F3N3O3. The lowest BCUT2D eigenvalue weighted by Gasteiger charge is -2.35. The zero-order chi connectivity index (χ0) is 20.3. The zero-order valence-corrected chi connectivity index (χ0v) is 14.6. The van der Waals surface area contributed by atoms with Crippen LogP contribution in [0.5, 0.6) is 0 Å². The average Bonchev–Trinajstić information content (AvgIpc) is 3.22. The molecule has 0 saturated carbocycles. The van der Waals surface area contributed by atoms with Gasteiger partial charge in [0.1, 0.15) is 5.92 Å². The number of piperidine rings is 1. The Kier molecular flexibility index (Phi) is 5.49. The van der Waals surface area contributed by atoms with Crippen molar-refractivity contribution in [3.8, 4) is 6.07 Å². The summed E-state index contributed by atoms with van der Waals surface area (Å²) in [7, 11) is 0. The predicted molar refractivity (Wildman–Crippen MR) is 90.0 cm³/mol. The van der Waals surface area contributed by atoms with Crippen LogP contribution in [0.25, 0.3) is 0 Å². The van der Waals surface area contributed by atoms with E-state index in [0.29, 0.717) is 32.0 Å². The number of hydrogen-bond donors (Lipinski definition) is 0. The van der Waals surface area contributed by atoms with Gasteiger partial charge in [-0.1, -0.05) is 0 Å². The number of alkyl halides is 3. The Morgan fingerprint density at radius 3 is 2.64 bits per heavy atom. The molecule has 3 rings (SSSR count). The fourth-order valence-corrected chi connectivity index (χ4v) is 3.22. The number of ketones is 1. The lowest BCUT2D eigenvalue weighted by Crippen LogP contribution is -2.49. The number of furan rings is 1. The number of aromatic nitrogens is 1. The maximum Gasteiger partial charge on any atom is 0.417 e. The van der Waals surface area contributed by atoms with Gasteiger partial charge in [0.25, 0.3) is 5.91 Å². The van der Waals surface area contributed by atoms with Gasteiger partial charge in [0.05, 0.1) is 29.6 Å². The molecule has 0 aliphatic carbocycles. The first-order valence-corrected chi connectivity index (χ1v) is 8.64. The number of likely N-dealkylation sites (tertiary alicyclic amines) is 1. The highest BCUT2D eigenvalue weighted by molar-refractivity contribution is 5.99. The second-order valence-corrected chi connectivity index (χ2v) is 6.42. The maximum atomic E-state index is 13.0. The predicted octanol–water partition coefficient (Wildman–Crippen LogP) is 3.56. The first kappa shape index (κ1) is 19.6. The number of halogens is 3. The molecule has 2 aromatic rings. The van der Waals surface area contributed by atoms with Crippen molar-refractivity contribution in [1.82, 2.24) is 9.88 Å². The highest BCUT2D eigenvalue weighted by Gasteiger charge is 2.38. The van der Waals surface area contributed by atoms with Crippen molar-refractivity contribution in [2.75, 3.05) is 6.54 Å². The smallest absolute Gasteiger partial charge is 0.417 e. The Morgan fingerprint density at radius 2 is 2.07 bits per heavy atom. The fourth-order valence-electron chi connectivity index (χ4n) is 3.22. The minimum Gasteiger partial charge on any atom is -0.459 e. The molecular weight excluding hydrogens is 375 g/mol. The summed E-state index contributed by atoms with van der Waals surface area (Å²) in [6.07, 6.45) is -0.863. The summed E-state index contributed by atoms with van der Waals surface area (Å²) < 4.78 is 43.2. The summed E-state index contributed by atoms with van der Waals surface area (Å²) in [6.45, 7) is 0.328. The Bertz CT molecular complexity index is 886. The quantitative estimate of drug-likeness (QED) is 0.795. The molecule has 0 spiro atoms. The van der Waals surface area contributed by atoms with Crippen molar-refractivity contribution in [2.45, 2.75) is 37.4 Å². The second kappa shape index (κ2) is 7.84. The molecule has 1 aliphatic rings. The number of Topliss-reactive ketones (excluding diaryl/α,β-unsaturated/α-hetero) is 1. The van der Waals surface area contributed by atoms with Crippen molar-refractivity contribution >= 4 is 11.7 Å². The molecule has 2 aromatic heterocycles. The van der Waals surface area contributed by atoms with Gasteiger partial charge in [-0.05, 0) is 43.5 Å². The Morgan fingerprint density at radius 1 is 1.29 bits per heavy atom. The molecule has 3 heterocycles. The fraction of sp³-hybridized carbons (Fsp3) is 0.368. The largest absolute Gasteiger partial charge is 0.459 e. The van der Waals surface area contributed by atoms with E-state index in [4.69, 9.17) is 4.42 Å². The van der Waals surface area contributed by atoms with E-state index in [9.17, 15) is 28.0 Å². The molecule has 0 radical (unpaired) electrons. The number of carbonyl (C=O) groups excluding carboxylic acids is 2. The van der Waals surface area contributed by atoms with Crippen molar-refractivity contribution < 1.29 is 27.2 Å². The van der Waals surface area contributed by atoms with Gasteiger partial charge in [-0.15, -0.1) is 0 Å². The first-order chi connectivity index (χ1) is 13.3. The van der Waals surface area contributed by atoms with E-state index in [1.54, 1.807) is 6.07 Å². The molecule has 146 valence electrons. The summed E-state index contributed by atoms with van der Waals surface area (Å²) in [5.41, 5.74) is -1.04. The number of hydrogen-bond acceptors (Lipinski definition) is 5. The summed E-state index contributed by atoms with van der Waals surface area (Å²) >= 11 is 0. The molecule has 1 amide bonds. The SMILES string of the molecule is N#CC(C(=O)C1CCCCN1C(=O)c1ccco1)c1ccc(C(F)(F)F)cn1. The van der Waals surface area contributed by atoms with Gasteiger partial charge in [0, 0.05) is 12.7 Å². The van der Waals surface area contributed by atoms with E-state index in [1.165, 1.54) is 17.2 Å². The van der Waals surface area contributed by atoms with Gasteiger partial charge >= 0.3 is 6.18 Å². The van der Waals surface area contributed by atoms with Crippen molar-refractivity contribution in [2.24, 2.45) is 0 Å². The van der Waals surface area contributed by atoms with Crippen LogP contribution in [0.3, 0.4) is 0 Å². The molecule has 0 bridgehead atoms. The minimum absolute atomic E-state index is 0.0727. The van der Waals surface area contributed by atoms with Crippen LogP contribution < -0.4 is 0 Å². The molecule has 1 aliphatic heterocycles. The molecule has 2 atom stereocenters. The third-order valence-corrected chi connectivity index (χ3v) is 4.65. The van der Waals surface area contributed by atoms with Gasteiger partial charge in [-0.25, -0.2) is 0 Å². The molecule has 0 N–H and O–H groups in total. The van der Waals surface area contributed by atoms with Crippen LogP contribution in [0.1, 0.15) is 47.0 Å². The van der Waals surface area contributed by atoms with Gasteiger partial charge < -0.3 is 9.32 Å². The Hall–Kier alpha value is -3.15. The maximum absolute atomic E-state index is 13.0. The van der Waals surface area contributed by atoms with Gasteiger partial charge in [0.2, 0.25) is 0 Å². The monoisotopic (exact) mass is 391 g/mol. The van der Waals surface area contributed by atoms with E-state index >= 15 is 0 Å². The molecule has 9 heteroatoms. The lowest BCUT2D eigenvalue weighted by molar-refractivity contribution is -0.137. The normalized spacial score (nSPS) is 18.4. The third-order valence-electron chi connectivity index (χ3n) is 4.65. The van der Waals surface area contributed by atoms with Gasteiger partial charge in [-0.2, -0.15) is 18.4 Å². The standard InChI is InChI=1S/C19H16F3N3O3/c20-19(21,22)12-6-7-14(24-11-12)13(10-23)17(26)15-4-1-2-8-25(15)18(27)16-5-3-9-28-16/h3,5-7,9,11,13,15H,1-2,4,8H2. The summed E-state index contributed by atoms with van der Waals surface area (Å²) in [5, 5.41) is 9.46. The van der Waals surface area contributed by atoms with Crippen LogP contribution in [-0.4, -0.2) is 34.2 Å². The number of amides is 1. The minimum atomic E-state index is -4.56. The van der Waals surface area contributed by atoms with E-state index in [-0.39, 0.29) is 11.5 Å². The number of carbonyl (C=O) groups is 2. The van der Waals surface area contributed by atoms with E-state index in [1.807, 2.05) is 6.07 Å². The van der Waals surface area contributed by atoms with Crippen LogP contribution in [0.2, 0.25) is 0 Å². The summed E-state index contributed by atoms with van der Waals surface area (Å²) in [5.74, 6) is -2.30. The molecule has 1 fully saturated rings. The molecule has 6 nitrogen and oxygen atoms in total. The summed E-state index contributed by atoms with van der Waals surface area (Å²) in [6, 6.07) is 5.80. The molecule has 1 saturated heterocycles.